The van der Waals surface area contributed by atoms with Crippen molar-refractivity contribution in [1.29, 1.82) is 0 Å². The molecule has 6 rings (SSSR count). The molecule has 0 aliphatic carbocycles. The van der Waals surface area contributed by atoms with Gasteiger partial charge in [0.05, 0.1) is 11.0 Å². The largest absolute Gasteiger partial charge is 0.352 e. The second kappa shape index (κ2) is 14.5. The van der Waals surface area contributed by atoms with Gasteiger partial charge in [0.15, 0.2) is 5.82 Å². The van der Waals surface area contributed by atoms with Gasteiger partial charge in [-0.2, -0.15) is 10.2 Å². The molecular weight excluding hydrogens is 518 g/mol. The lowest BCUT2D eigenvalue weighted by Gasteiger charge is -2.32. The number of nitrogens with zero attached hydrogens (tertiary/aromatic N) is 7. The Kier molecular flexibility index (Phi) is 11.9. The zero-order valence-electron chi connectivity index (χ0n) is 24.4. The monoisotopic (exact) mass is 571 g/mol. The molecule has 0 saturated carbocycles. The first-order chi connectivity index (χ1) is 18.7. The van der Waals surface area contributed by atoms with E-state index in [4.69, 9.17) is 5.10 Å². The smallest absolute Gasteiger partial charge is 0.158 e. The van der Waals surface area contributed by atoms with E-state index in [0.717, 1.165) is 48.8 Å². The summed E-state index contributed by atoms with van der Waals surface area (Å²) in [7, 11) is 6.21. The number of piperazine rings is 1. The van der Waals surface area contributed by atoms with E-state index in [9.17, 15) is 0 Å². The van der Waals surface area contributed by atoms with Crippen molar-refractivity contribution in [3.63, 3.8) is 0 Å². The number of likely N-dealkylation sites (N-methyl/N-ethyl adjacent to an activating group) is 1. The van der Waals surface area contributed by atoms with Crippen molar-refractivity contribution in [2.45, 2.75) is 61.8 Å². The Labute approximate surface area is 254 Å². The molecule has 42 heavy (non-hydrogen) atoms. The van der Waals surface area contributed by atoms with E-state index in [2.05, 4.69) is 97.1 Å². The lowest BCUT2D eigenvalue weighted by atomic mass is 10.00. The molecule has 228 valence electrons. The first kappa shape index (κ1) is 34.5. The molecule has 0 amide bonds. The van der Waals surface area contributed by atoms with Crippen LogP contribution in [0.1, 0.15) is 72.9 Å². The van der Waals surface area contributed by atoms with Gasteiger partial charge >= 0.3 is 0 Å². The summed E-state index contributed by atoms with van der Waals surface area (Å²) in [5.74, 6) is 2.23. The van der Waals surface area contributed by atoms with Crippen molar-refractivity contribution in [1.82, 2.24) is 29.4 Å². The fraction of sp³-hybridized carbons (Fsp3) is 0.457. The molecule has 0 unspecified atom stereocenters. The summed E-state index contributed by atoms with van der Waals surface area (Å²) in [6, 6.07) is 17.3. The number of benzene rings is 2. The minimum absolute atomic E-state index is 0. The maximum atomic E-state index is 4.76. The Morgan fingerprint density at radius 1 is 0.667 bits per heavy atom. The third kappa shape index (κ3) is 7.01. The minimum Gasteiger partial charge on any atom is -0.352 e. The Bertz CT molecular complexity index is 1560. The minimum atomic E-state index is 0. The maximum Gasteiger partial charge on any atom is 0.158 e. The van der Waals surface area contributed by atoms with Crippen LogP contribution in [0.25, 0.3) is 33.1 Å². The second-order valence-corrected chi connectivity index (χ2v) is 11.3. The van der Waals surface area contributed by atoms with Crippen LogP contribution < -0.4 is 4.90 Å². The summed E-state index contributed by atoms with van der Waals surface area (Å²) < 4.78 is 3.94. The van der Waals surface area contributed by atoms with E-state index in [1.165, 1.54) is 27.4 Å². The zero-order chi connectivity index (χ0) is 27.7. The van der Waals surface area contributed by atoms with E-state index in [1.54, 1.807) is 6.20 Å². The van der Waals surface area contributed by atoms with Crippen molar-refractivity contribution in [3.8, 4) is 11.3 Å². The van der Waals surface area contributed by atoms with E-state index in [1.807, 2.05) is 35.7 Å². The molecule has 1 fully saturated rings. The van der Waals surface area contributed by atoms with Gasteiger partial charge < -0.3 is 9.80 Å². The number of rotatable bonds is 4. The van der Waals surface area contributed by atoms with Crippen LogP contribution in [0.5, 0.6) is 0 Å². The van der Waals surface area contributed by atoms with Crippen LogP contribution in [0, 0.1) is 0 Å². The van der Waals surface area contributed by atoms with Crippen molar-refractivity contribution >= 4 is 27.6 Å². The molecular formula is C35H53N7. The number of aryl methyl sites for hydroxylation is 2. The van der Waals surface area contributed by atoms with Gasteiger partial charge in [0, 0.05) is 69.0 Å². The first-order valence-electron chi connectivity index (χ1n) is 14.0. The molecule has 0 N–H and O–H groups in total. The molecule has 2 aromatic carbocycles. The Morgan fingerprint density at radius 2 is 1.21 bits per heavy atom. The summed E-state index contributed by atoms with van der Waals surface area (Å²) >= 11 is 0. The Hall–Kier alpha value is -3.71. The standard InChI is InChI=1S/C16H24N4.C16H17N3.3CH4/c1-12(2)13-5-6-15-14(11-13)16(17-19(15)4)20-9-7-18(3)8-10-20;1-11(2)12-6-7-15-14(9-12)16(18-19(15)3)13-5-4-8-17-10-13;;;/h5-6,11-12H,7-10H2,1-4H3;4-11H,1-3H3;3*1H4. The summed E-state index contributed by atoms with van der Waals surface area (Å²) in [6.07, 6.45) is 3.65. The third-order valence-corrected chi connectivity index (χ3v) is 7.80. The quantitative estimate of drug-likeness (QED) is 0.218. The first-order valence-corrected chi connectivity index (χ1v) is 14.0. The predicted octanol–water partition coefficient (Wildman–Crippen LogP) is 8.12. The maximum absolute atomic E-state index is 4.76. The molecule has 3 aromatic heterocycles. The second-order valence-electron chi connectivity index (χ2n) is 11.3. The fourth-order valence-electron chi connectivity index (χ4n) is 5.23. The zero-order valence-corrected chi connectivity index (χ0v) is 24.4. The van der Waals surface area contributed by atoms with E-state index >= 15 is 0 Å². The molecule has 5 aromatic rings. The van der Waals surface area contributed by atoms with Crippen LogP contribution in [-0.2, 0) is 14.1 Å². The Balaban J connectivity index is 0.000000274. The third-order valence-electron chi connectivity index (χ3n) is 7.80. The predicted molar refractivity (Wildman–Crippen MR) is 183 cm³/mol. The van der Waals surface area contributed by atoms with Crippen LogP contribution in [-0.4, -0.2) is 62.7 Å². The molecule has 0 radical (unpaired) electrons. The molecule has 1 saturated heterocycles. The molecule has 0 atom stereocenters. The van der Waals surface area contributed by atoms with Gasteiger partial charge in [0.1, 0.15) is 5.69 Å². The van der Waals surface area contributed by atoms with Crippen molar-refractivity contribution in [2.75, 3.05) is 38.1 Å². The average molecular weight is 572 g/mol. The van der Waals surface area contributed by atoms with Gasteiger partial charge in [0.2, 0.25) is 0 Å². The summed E-state index contributed by atoms with van der Waals surface area (Å²) in [5.41, 5.74) is 7.18. The molecule has 7 heteroatoms. The summed E-state index contributed by atoms with van der Waals surface area (Å²) in [6.45, 7) is 13.3. The van der Waals surface area contributed by atoms with Crippen LogP contribution in [0.4, 0.5) is 5.82 Å². The topological polar surface area (TPSA) is 55.0 Å². The van der Waals surface area contributed by atoms with Gasteiger partial charge in [-0.15, -0.1) is 0 Å². The highest BCUT2D eigenvalue weighted by Crippen LogP contribution is 2.31. The van der Waals surface area contributed by atoms with Crippen molar-refractivity contribution < 1.29 is 0 Å². The Morgan fingerprint density at radius 3 is 1.76 bits per heavy atom. The number of hydrogen-bond acceptors (Lipinski definition) is 5. The van der Waals surface area contributed by atoms with E-state index in [-0.39, 0.29) is 22.3 Å². The lowest BCUT2D eigenvalue weighted by Crippen LogP contribution is -2.44. The SMILES string of the molecule is C.C.C.CC(C)c1ccc2c(c1)c(-c1cccnc1)nn2C.CC(C)c1ccc2c(c1)c(N1CCN(C)CC1)nn2C. The molecule has 1 aliphatic heterocycles. The fourth-order valence-corrected chi connectivity index (χ4v) is 5.23. The van der Waals surface area contributed by atoms with E-state index < -0.39 is 0 Å². The van der Waals surface area contributed by atoms with Gasteiger partial charge in [-0.25, -0.2) is 0 Å². The highest BCUT2D eigenvalue weighted by atomic mass is 15.4. The highest BCUT2D eigenvalue weighted by Gasteiger charge is 2.20. The normalized spacial score (nSPS) is 13.4. The molecule has 1 aliphatic rings. The van der Waals surface area contributed by atoms with Gasteiger partial charge in [-0.3, -0.25) is 14.3 Å². The van der Waals surface area contributed by atoms with Gasteiger partial charge in [-0.05, 0) is 66.4 Å². The average Bonchev–Trinajstić information content (AvgIpc) is 3.46. The summed E-state index contributed by atoms with van der Waals surface area (Å²) in [5, 5.41) is 11.9. The molecule has 0 spiro atoms. The van der Waals surface area contributed by atoms with Crippen LogP contribution >= 0.6 is 0 Å². The van der Waals surface area contributed by atoms with Crippen LogP contribution in [0.3, 0.4) is 0 Å². The van der Waals surface area contributed by atoms with Crippen LogP contribution in [0.2, 0.25) is 0 Å². The number of anilines is 1. The molecule has 0 bridgehead atoms. The van der Waals surface area contributed by atoms with Crippen molar-refractivity contribution in [3.05, 3.63) is 72.1 Å². The number of aromatic nitrogens is 5. The van der Waals surface area contributed by atoms with Gasteiger partial charge in [0.25, 0.3) is 0 Å². The molecule has 7 nitrogen and oxygen atoms in total. The molecule has 4 heterocycles. The number of hydrogen-bond donors (Lipinski definition) is 0. The van der Waals surface area contributed by atoms with Gasteiger partial charge in [-0.1, -0.05) is 62.1 Å². The van der Waals surface area contributed by atoms with Crippen LogP contribution in [0.15, 0.2) is 60.9 Å². The highest BCUT2D eigenvalue weighted by molar-refractivity contribution is 5.94. The van der Waals surface area contributed by atoms with E-state index in [0.29, 0.717) is 11.8 Å². The lowest BCUT2D eigenvalue weighted by molar-refractivity contribution is 0.312. The number of fused-ring (bicyclic) bond motifs is 2. The van der Waals surface area contributed by atoms with Crippen molar-refractivity contribution in [2.24, 2.45) is 14.1 Å². The summed E-state index contributed by atoms with van der Waals surface area (Å²) in [4.78, 5) is 8.98. The number of pyridine rings is 1.